The number of nitrogens with zero attached hydrogens (tertiary/aromatic N) is 3. The molecule has 2 aromatic heterocycles. The van der Waals surface area contributed by atoms with Gasteiger partial charge in [0.2, 0.25) is 0 Å². The van der Waals surface area contributed by atoms with E-state index in [1.165, 1.54) is 42.0 Å². The zero-order valence-electron chi connectivity index (χ0n) is 37.1. The van der Waals surface area contributed by atoms with E-state index in [0.29, 0.717) is 0 Å². The Kier molecular flexibility index (Phi) is 10.0. The fraction of sp³-hybridized carbons (Fsp3) is 0.370. The van der Waals surface area contributed by atoms with Gasteiger partial charge in [0.05, 0.1) is 12.1 Å². The average molecular weight is 897 g/mol. The van der Waals surface area contributed by atoms with Crippen LogP contribution in [0.3, 0.4) is 0 Å². The standard InChI is InChI=1S/2C27H26F2N2O2/c1-15-9-19-18-5-3-4-6-22(18)30(2)25(19)26(31(15)27-12-17(13-27)14-27)24-20(28)10-16(11-21(24)29)7-8-23(32)33;1-2-17-11-19-18-5-3-4-6-22(18)30-25(19)26(31(17)27-12-16(13-27)14-27)24-20(28)9-15(10-21(24)29)7-8-23(32)33/h3-8,10-11,15,17,26H,9,12-14H2,1-2H3,(H,32,33);3-10,16-17,26,30H,2,11-14H2,1H3,(H,32,33)/b2*8-7+. The lowest BCUT2D eigenvalue weighted by molar-refractivity contribution is -0.178. The van der Waals surface area contributed by atoms with Crippen molar-refractivity contribution in [1.82, 2.24) is 19.4 Å². The van der Waals surface area contributed by atoms with Gasteiger partial charge in [0.1, 0.15) is 23.3 Å². The number of hydrogen-bond acceptors (Lipinski definition) is 4. The zero-order chi connectivity index (χ0) is 46.0. The monoisotopic (exact) mass is 896 g/mol. The normalized spacial score (nSPS) is 28.5. The highest BCUT2D eigenvalue weighted by Crippen LogP contribution is 2.66. The van der Waals surface area contributed by atoms with Gasteiger partial charge in [0, 0.05) is 86.7 Å². The summed E-state index contributed by atoms with van der Waals surface area (Å²) in [7, 11) is 1.99. The Labute approximate surface area is 380 Å². The maximum absolute atomic E-state index is 15.7. The van der Waals surface area contributed by atoms with Crippen molar-refractivity contribution >= 4 is 45.9 Å². The molecule has 4 heterocycles. The first kappa shape index (κ1) is 42.6. The summed E-state index contributed by atoms with van der Waals surface area (Å²) in [6.07, 6.45) is 13.4. The molecule has 6 fully saturated rings. The number of carboxylic acids is 2. The van der Waals surface area contributed by atoms with Crippen LogP contribution in [0.5, 0.6) is 0 Å². The second-order valence-electron chi connectivity index (χ2n) is 20.0. The van der Waals surface area contributed by atoms with Crippen LogP contribution in [0.1, 0.15) is 116 Å². The molecule has 340 valence electrons. The number of H-pyrrole nitrogens is 1. The van der Waals surface area contributed by atoms with E-state index >= 15 is 17.6 Å². The van der Waals surface area contributed by atoms with Crippen LogP contribution in [0.2, 0.25) is 0 Å². The summed E-state index contributed by atoms with van der Waals surface area (Å²) in [6.45, 7) is 4.34. The minimum absolute atomic E-state index is 0.0175. The summed E-state index contributed by atoms with van der Waals surface area (Å²) in [5.74, 6) is -3.37. The van der Waals surface area contributed by atoms with Crippen molar-refractivity contribution in [3.8, 4) is 0 Å². The Morgan fingerprint density at radius 1 is 0.697 bits per heavy atom. The minimum atomic E-state index is -1.16. The van der Waals surface area contributed by atoms with Crippen LogP contribution in [0.4, 0.5) is 17.6 Å². The largest absolute Gasteiger partial charge is 0.478 e. The second-order valence-corrected chi connectivity index (χ2v) is 20.0. The van der Waals surface area contributed by atoms with E-state index in [4.69, 9.17) is 10.2 Å². The fourth-order valence-electron chi connectivity index (χ4n) is 13.3. The fourth-order valence-corrected chi connectivity index (χ4v) is 13.3. The highest BCUT2D eigenvalue weighted by Gasteiger charge is 2.65. The SMILES string of the molecule is CC1Cc2c(n(C)c3ccccc23)C(c2c(F)cc(/C=C/C(=O)O)cc2F)N1C12CC(C1)C2.CCC1Cc2c([nH]c3ccccc23)C(c2c(F)cc(/C=C/C(=O)O)cc2F)N1C12CC(C1)C2. The number of halogens is 4. The molecule has 66 heavy (non-hydrogen) atoms. The lowest BCUT2D eigenvalue weighted by Gasteiger charge is -2.70. The molecule has 0 amide bonds. The molecule has 3 N–H and O–H groups in total. The number of rotatable bonds is 9. The van der Waals surface area contributed by atoms with Crippen LogP contribution >= 0.6 is 0 Å². The topological polar surface area (TPSA) is 102 Å². The van der Waals surface area contributed by atoms with E-state index in [0.717, 1.165) is 121 Å². The third-order valence-electron chi connectivity index (χ3n) is 16.2. The highest BCUT2D eigenvalue weighted by molar-refractivity contribution is 5.88. The van der Waals surface area contributed by atoms with E-state index in [-0.39, 0.29) is 45.4 Å². The lowest BCUT2D eigenvalue weighted by atomic mass is 9.48. The molecule has 12 heteroatoms. The van der Waals surface area contributed by atoms with Crippen LogP contribution in [-0.2, 0) is 29.5 Å². The number of para-hydroxylation sites is 2. The predicted molar refractivity (Wildman–Crippen MR) is 246 cm³/mol. The minimum Gasteiger partial charge on any atom is -0.478 e. The Morgan fingerprint density at radius 3 is 1.71 bits per heavy atom. The molecular formula is C54H52F4N4O4. The third kappa shape index (κ3) is 6.53. The van der Waals surface area contributed by atoms with E-state index in [9.17, 15) is 9.59 Å². The number of carboxylic acid groups (broad SMARTS) is 2. The number of benzene rings is 4. The molecule has 4 bridgehead atoms. The van der Waals surface area contributed by atoms with Gasteiger partial charge in [-0.1, -0.05) is 43.3 Å². The van der Waals surface area contributed by atoms with Crippen LogP contribution in [-0.4, -0.2) is 64.7 Å². The molecule has 0 spiro atoms. The summed E-state index contributed by atoms with van der Waals surface area (Å²) < 4.78 is 64.7. The summed E-state index contributed by atoms with van der Waals surface area (Å²) in [6, 6.07) is 20.5. The molecule has 2 aliphatic heterocycles. The molecule has 6 saturated carbocycles. The van der Waals surface area contributed by atoms with Gasteiger partial charge in [-0.2, -0.15) is 0 Å². The molecule has 14 rings (SSSR count). The Balaban J connectivity index is 0.000000146. The molecule has 4 atom stereocenters. The molecule has 6 aromatic rings. The van der Waals surface area contributed by atoms with Gasteiger partial charge >= 0.3 is 11.9 Å². The first-order valence-corrected chi connectivity index (χ1v) is 23.2. The lowest BCUT2D eigenvalue weighted by Crippen LogP contribution is -2.71. The quantitative estimate of drug-likeness (QED) is 0.0987. The van der Waals surface area contributed by atoms with Crippen molar-refractivity contribution in [2.24, 2.45) is 18.9 Å². The summed E-state index contributed by atoms with van der Waals surface area (Å²) in [5, 5.41) is 20.0. The van der Waals surface area contributed by atoms with Crippen molar-refractivity contribution in [1.29, 1.82) is 0 Å². The summed E-state index contributed by atoms with van der Waals surface area (Å²) in [4.78, 5) is 30.1. The number of aromatic nitrogens is 2. The Morgan fingerprint density at radius 2 is 1.20 bits per heavy atom. The highest BCUT2D eigenvalue weighted by atomic mass is 19.1. The number of fused-ring (bicyclic) bond motifs is 6. The molecule has 4 unspecified atom stereocenters. The molecule has 8 nitrogen and oxygen atoms in total. The van der Waals surface area contributed by atoms with Crippen molar-refractivity contribution in [2.45, 2.75) is 107 Å². The van der Waals surface area contributed by atoms with E-state index in [2.05, 4.69) is 51.4 Å². The molecule has 0 radical (unpaired) electrons. The molecule has 8 aliphatic rings. The van der Waals surface area contributed by atoms with Gasteiger partial charge in [0.25, 0.3) is 0 Å². The van der Waals surface area contributed by atoms with Gasteiger partial charge in [-0.3, -0.25) is 9.80 Å². The molecular weight excluding hydrogens is 845 g/mol. The maximum Gasteiger partial charge on any atom is 0.328 e. The van der Waals surface area contributed by atoms with Crippen LogP contribution in [0.15, 0.2) is 84.9 Å². The number of nitrogens with one attached hydrogen (secondary N) is 1. The van der Waals surface area contributed by atoms with E-state index in [1.54, 1.807) is 0 Å². The van der Waals surface area contributed by atoms with Gasteiger partial charge in [-0.05, 0) is 147 Å². The molecule has 0 saturated heterocycles. The van der Waals surface area contributed by atoms with Crippen LogP contribution in [0, 0.1) is 35.1 Å². The van der Waals surface area contributed by atoms with Gasteiger partial charge in [-0.15, -0.1) is 0 Å². The average Bonchev–Trinajstić information content (AvgIpc) is 3.72. The first-order chi connectivity index (χ1) is 31.7. The van der Waals surface area contributed by atoms with Crippen LogP contribution in [0.25, 0.3) is 34.0 Å². The number of aromatic amines is 1. The van der Waals surface area contributed by atoms with Gasteiger partial charge in [-0.25, -0.2) is 27.2 Å². The Bertz CT molecular complexity index is 2980. The molecule has 6 aliphatic carbocycles. The zero-order valence-corrected chi connectivity index (χ0v) is 37.1. The number of aliphatic carboxylic acids is 2. The van der Waals surface area contributed by atoms with Crippen molar-refractivity contribution in [3.05, 3.63) is 153 Å². The first-order valence-electron chi connectivity index (χ1n) is 23.2. The number of carbonyl (C=O) groups is 2. The third-order valence-corrected chi connectivity index (χ3v) is 16.2. The second kappa shape index (κ2) is 15.6. The van der Waals surface area contributed by atoms with Crippen molar-refractivity contribution in [2.75, 3.05) is 0 Å². The maximum atomic E-state index is 15.7. The molecule has 4 aromatic carbocycles. The predicted octanol–water partition coefficient (Wildman–Crippen LogP) is 11.3. The number of aryl methyl sites for hydroxylation is 1. The smallest absolute Gasteiger partial charge is 0.328 e. The van der Waals surface area contributed by atoms with Gasteiger partial charge in [0.15, 0.2) is 0 Å². The van der Waals surface area contributed by atoms with Crippen LogP contribution < -0.4 is 0 Å². The van der Waals surface area contributed by atoms with Gasteiger partial charge < -0.3 is 19.8 Å². The van der Waals surface area contributed by atoms with E-state index < -0.39 is 47.3 Å². The Hall–Kier alpha value is -5.98. The summed E-state index contributed by atoms with van der Waals surface area (Å²) >= 11 is 0. The number of hydrogen-bond donors (Lipinski definition) is 3. The van der Waals surface area contributed by atoms with Crippen molar-refractivity contribution in [3.63, 3.8) is 0 Å². The van der Waals surface area contributed by atoms with E-state index in [1.807, 2.05) is 37.4 Å². The summed E-state index contributed by atoms with van der Waals surface area (Å²) in [5.41, 5.74) is 6.79. The van der Waals surface area contributed by atoms with Crippen molar-refractivity contribution < 1.29 is 37.4 Å².